The minimum absolute atomic E-state index is 0.120. The lowest BCUT2D eigenvalue weighted by atomic mass is 9.98. The quantitative estimate of drug-likeness (QED) is 0.239. The van der Waals surface area contributed by atoms with Gasteiger partial charge in [0.25, 0.3) is 0 Å². The van der Waals surface area contributed by atoms with Crippen LogP contribution < -0.4 is 0 Å². The van der Waals surface area contributed by atoms with E-state index in [0.29, 0.717) is 24.5 Å². The number of carboxylic acid groups (broad SMARTS) is 1. The number of aromatic nitrogens is 7. The molecule has 0 radical (unpaired) electrons. The molecule has 3 N–H and O–H groups in total. The maximum atomic E-state index is 13.3. The van der Waals surface area contributed by atoms with E-state index in [1.54, 1.807) is 0 Å². The number of H-pyrrole nitrogens is 1. The number of tetrazole rings is 1. The van der Waals surface area contributed by atoms with Gasteiger partial charge in [-0.1, -0.05) is 55.5 Å². The molecule has 2 aromatic carbocycles. The Balaban J connectivity index is 1.53. The van der Waals surface area contributed by atoms with E-state index in [-0.39, 0.29) is 18.1 Å². The van der Waals surface area contributed by atoms with Gasteiger partial charge in [0.1, 0.15) is 5.82 Å². The van der Waals surface area contributed by atoms with Gasteiger partial charge < -0.3 is 19.3 Å². The number of carbonyl (C=O) groups is 1. The number of alkyl halides is 3. The second kappa shape index (κ2) is 10.8. The van der Waals surface area contributed by atoms with Gasteiger partial charge in [-0.05, 0) is 40.5 Å². The van der Waals surface area contributed by atoms with Crippen LogP contribution in [-0.4, -0.2) is 57.1 Å². The maximum absolute atomic E-state index is 13.3. The van der Waals surface area contributed by atoms with Crippen molar-refractivity contribution >= 4 is 5.97 Å². The molecule has 0 aliphatic carbocycles. The summed E-state index contributed by atoms with van der Waals surface area (Å²) in [6.07, 6.45) is -5.44. The number of aliphatic hydroxyl groups excluding tert-OH is 1. The summed E-state index contributed by atoms with van der Waals surface area (Å²) in [6.45, 7) is 2.01. The Morgan fingerprint density at radius 3 is 2.40 bits per heavy atom. The lowest BCUT2D eigenvalue weighted by Crippen LogP contribution is -2.23. The van der Waals surface area contributed by atoms with Crippen LogP contribution in [0.25, 0.3) is 28.3 Å². The SMILES string of the molecule is CCCc1nc(-n2cccc2C(O)C(F)(F)F)c(C(=O)O)n1Cc1ccc(-c2ccccc2-c2nn[nH]n2)cc1. The van der Waals surface area contributed by atoms with Crippen molar-refractivity contribution in [2.24, 2.45) is 0 Å². The molecule has 13 heteroatoms. The molecule has 0 spiro atoms. The summed E-state index contributed by atoms with van der Waals surface area (Å²) in [7, 11) is 0. The Bertz CT molecular complexity index is 1620. The van der Waals surface area contributed by atoms with Gasteiger partial charge >= 0.3 is 12.1 Å². The molecular formula is C27H24F3N7O3. The molecule has 1 unspecified atom stereocenters. The fourth-order valence-corrected chi connectivity index (χ4v) is 4.60. The molecule has 0 fully saturated rings. The molecule has 40 heavy (non-hydrogen) atoms. The molecule has 10 nitrogen and oxygen atoms in total. The highest BCUT2D eigenvalue weighted by Gasteiger charge is 2.41. The van der Waals surface area contributed by atoms with E-state index in [1.165, 1.54) is 16.8 Å². The van der Waals surface area contributed by atoms with Crippen LogP contribution >= 0.6 is 0 Å². The Kier molecular flexibility index (Phi) is 7.22. The molecule has 5 aromatic rings. The van der Waals surface area contributed by atoms with Crippen molar-refractivity contribution in [3.63, 3.8) is 0 Å². The largest absolute Gasteiger partial charge is 0.476 e. The predicted molar refractivity (Wildman–Crippen MR) is 138 cm³/mol. The van der Waals surface area contributed by atoms with E-state index >= 15 is 0 Å². The van der Waals surface area contributed by atoms with Crippen LogP contribution in [0.5, 0.6) is 0 Å². The van der Waals surface area contributed by atoms with E-state index in [0.717, 1.165) is 32.9 Å². The van der Waals surface area contributed by atoms with Crippen LogP contribution in [0.1, 0.15) is 47.0 Å². The van der Waals surface area contributed by atoms with Gasteiger partial charge in [-0.25, -0.2) is 9.78 Å². The summed E-state index contributed by atoms with van der Waals surface area (Å²) in [5, 5.41) is 34.2. The fraction of sp³-hybridized carbons (Fsp3) is 0.222. The number of aromatic amines is 1. The third-order valence-corrected chi connectivity index (χ3v) is 6.42. The molecule has 0 saturated heterocycles. The number of aromatic carboxylic acids is 1. The first kappa shape index (κ1) is 26.8. The van der Waals surface area contributed by atoms with Gasteiger partial charge in [-0.2, -0.15) is 18.4 Å². The number of aryl methyl sites for hydroxylation is 1. The molecule has 0 aliphatic heterocycles. The van der Waals surface area contributed by atoms with Crippen molar-refractivity contribution < 1.29 is 28.2 Å². The van der Waals surface area contributed by atoms with Crippen LogP contribution in [0.4, 0.5) is 13.2 Å². The van der Waals surface area contributed by atoms with Crippen LogP contribution in [0.2, 0.25) is 0 Å². The highest BCUT2D eigenvalue weighted by Crippen LogP contribution is 2.35. The van der Waals surface area contributed by atoms with Crippen molar-refractivity contribution in [3.05, 3.63) is 89.6 Å². The smallest absolute Gasteiger partial charge is 0.420 e. The molecule has 0 bridgehead atoms. The van der Waals surface area contributed by atoms with E-state index in [9.17, 15) is 28.2 Å². The number of hydrogen-bond acceptors (Lipinski definition) is 6. The number of halogens is 3. The molecule has 0 amide bonds. The van der Waals surface area contributed by atoms with Crippen LogP contribution in [0.15, 0.2) is 66.9 Å². The predicted octanol–water partition coefficient (Wildman–Crippen LogP) is 4.82. The molecule has 1 atom stereocenters. The first-order valence-electron chi connectivity index (χ1n) is 12.4. The Labute approximate surface area is 225 Å². The minimum atomic E-state index is -4.93. The summed E-state index contributed by atoms with van der Waals surface area (Å²) in [5.74, 6) is -0.690. The number of hydrogen-bond donors (Lipinski definition) is 3. The Morgan fingerprint density at radius 1 is 1.05 bits per heavy atom. The minimum Gasteiger partial charge on any atom is -0.476 e. The van der Waals surface area contributed by atoms with Gasteiger partial charge in [-0.15, -0.1) is 10.2 Å². The summed E-state index contributed by atoms with van der Waals surface area (Å²) in [6, 6.07) is 17.4. The lowest BCUT2D eigenvalue weighted by Gasteiger charge is -2.17. The fourth-order valence-electron chi connectivity index (χ4n) is 4.60. The van der Waals surface area contributed by atoms with Crippen molar-refractivity contribution in [2.45, 2.75) is 38.6 Å². The number of nitrogens with zero attached hydrogens (tertiary/aromatic N) is 6. The normalized spacial score (nSPS) is 12.5. The molecule has 0 aliphatic rings. The second-order valence-corrected chi connectivity index (χ2v) is 9.07. The first-order valence-corrected chi connectivity index (χ1v) is 12.4. The molecule has 206 valence electrons. The number of imidazole rings is 1. The first-order chi connectivity index (χ1) is 19.2. The summed E-state index contributed by atoms with van der Waals surface area (Å²) < 4.78 is 42.4. The zero-order valence-corrected chi connectivity index (χ0v) is 21.2. The number of benzene rings is 2. The topological polar surface area (TPSA) is 135 Å². The molecule has 3 aromatic heterocycles. The summed E-state index contributed by atoms with van der Waals surface area (Å²) >= 11 is 0. The third-order valence-electron chi connectivity index (χ3n) is 6.42. The van der Waals surface area contributed by atoms with Crippen molar-refractivity contribution in [3.8, 4) is 28.3 Å². The Hall–Kier alpha value is -4.78. The average Bonchev–Trinajstić information content (AvgIpc) is 3.69. The number of nitrogens with one attached hydrogen (secondary N) is 1. The number of aliphatic hydroxyl groups is 1. The van der Waals surface area contributed by atoms with E-state index in [2.05, 4.69) is 25.6 Å². The van der Waals surface area contributed by atoms with Gasteiger partial charge in [0.2, 0.25) is 5.82 Å². The van der Waals surface area contributed by atoms with E-state index < -0.39 is 23.9 Å². The van der Waals surface area contributed by atoms with Gasteiger partial charge in [0.05, 0.1) is 5.69 Å². The van der Waals surface area contributed by atoms with E-state index in [4.69, 9.17) is 0 Å². The van der Waals surface area contributed by atoms with Crippen molar-refractivity contribution in [1.29, 1.82) is 0 Å². The zero-order valence-electron chi connectivity index (χ0n) is 21.2. The van der Waals surface area contributed by atoms with Crippen LogP contribution in [0, 0.1) is 0 Å². The van der Waals surface area contributed by atoms with E-state index in [1.807, 2.05) is 55.5 Å². The van der Waals surface area contributed by atoms with Crippen molar-refractivity contribution in [1.82, 2.24) is 34.7 Å². The molecule has 5 rings (SSSR count). The molecule has 3 heterocycles. The highest BCUT2D eigenvalue weighted by atomic mass is 19.4. The van der Waals surface area contributed by atoms with Crippen LogP contribution in [-0.2, 0) is 13.0 Å². The molecule has 0 saturated carbocycles. The number of rotatable bonds is 9. The molecular weight excluding hydrogens is 527 g/mol. The van der Waals surface area contributed by atoms with Gasteiger partial charge in [0.15, 0.2) is 17.6 Å². The third kappa shape index (κ3) is 5.10. The van der Waals surface area contributed by atoms with Gasteiger partial charge in [-0.3, -0.25) is 0 Å². The Morgan fingerprint density at radius 2 is 1.77 bits per heavy atom. The summed E-state index contributed by atoms with van der Waals surface area (Å²) in [4.78, 5) is 16.9. The maximum Gasteiger partial charge on any atom is 0.420 e. The average molecular weight is 552 g/mol. The second-order valence-electron chi connectivity index (χ2n) is 9.07. The number of carboxylic acids is 1. The highest BCUT2D eigenvalue weighted by molar-refractivity contribution is 5.89. The monoisotopic (exact) mass is 551 g/mol. The van der Waals surface area contributed by atoms with Gasteiger partial charge in [0, 0.05) is 24.7 Å². The lowest BCUT2D eigenvalue weighted by molar-refractivity contribution is -0.208. The van der Waals surface area contributed by atoms with Crippen LogP contribution in [0.3, 0.4) is 0 Å². The standard InChI is InChI=1S/C27H24F3N7O3/c1-2-6-21-31-25(36-14-5-9-20(36)23(38)27(28,29)30)22(26(39)40)37(21)15-16-10-12-17(13-11-16)18-7-3-4-8-19(18)24-32-34-35-33-24/h3-5,7-14,23,38H,2,6,15H2,1H3,(H,39,40)(H,32,33,34,35). The zero-order chi connectivity index (χ0) is 28.4. The summed E-state index contributed by atoms with van der Waals surface area (Å²) in [5.41, 5.74) is 2.49. The van der Waals surface area contributed by atoms with Crippen molar-refractivity contribution in [2.75, 3.05) is 0 Å².